The van der Waals surface area contributed by atoms with Crippen molar-refractivity contribution >= 4 is 39.9 Å². The van der Waals surface area contributed by atoms with Gasteiger partial charge in [-0.05, 0) is 59.0 Å². The number of aromatic nitrogens is 1. The number of hydrogen-bond donors (Lipinski definition) is 2. The maximum absolute atomic E-state index is 12.8. The number of carbonyl (C=O) groups is 1. The maximum Gasteiger partial charge on any atom is 0.293 e. The van der Waals surface area contributed by atoms with E-state index in [-0.39, 0.29) is 5.56 Å². The fourth-order valence-corrected chi connectivity index (χ4v) is 4.09. The van der Waals surface area contributed by atoms with Gasteiger partial charge in [-0.2, -0.15) is 0 Å². The zero-order chi connectivity index (χ0) is 23.5. The van der Waals surface area contributed by atoms with Gasteiger partial charge in [0.2, 0.25) is 0 Å². The molecule has 5 nitrogen and oxygen atoms in total. The van der Waals surface area contributed by atoms with E-state index in [0.717, 1.165) is 21.9 Å². The molecular formula is C26H22Cl2N2O3. The molecular weight excluding hydrogens is 459 g/mol. The van der Waals surface area contributed by atoms with Crippen LogP contribution in [-0.2, 0) is 13.5 Å². The lowest BCUT2D eigenvalue weighted by atomic mass is 10.0. The minimum Gasteiger partial charge on any atom is -0.502 e. The van der Waals surface area contributed by atoms with Crippen LogP contribution in [0, 0.1) is 0 Å². The highest BCUT2D eigenvalue weighted by molar-refractivity contribution is 6.42. The van der Waals surface area contributed by atoms with Crippen molar-refractivity contribution in [1.82, 2.24) is 9.88 Å². The Morgan fingerprint density at radius 3 is 2.48 bits per heavy atom. The summed E-state index contributed by atoms with van der Waals surface area (Å²) in [5.41, 5.74) is 1.66. The summed E-state index contributed by atoms with van der Waals surface area (Å²) in [4.78, 5) is 25.4. The van der Waals surface area contributed by atoms with Gasteiger partial charge in [-0.15, -0.1) is 0 Å². The Labute approximate surface area is 201 Å². The second-order valence-electron chi connectivity index (χ2n) is 7.83. The Kier molecular flexibility index (Phi) is 6.72. The van der Waals surface area contributed by atoms with Crippen LogP contribution < -0.4 is 10.9 Å². The molecule has 7 heteroatoms. The van der Waals surface area contributed by atoms with Crippen molar-refractivity contribution in [2.75, 3.05) is 6.54 Å². The zero-order valence-corrected chi connectivity index (χ0v) is 19.5. The molecule has 1 amide bonds. The highest BCUT2D eigenvalue weighted by Gasteiger charge is 2.18. The van der Waals surface area contributed by atoms with Crippen molar-refractivity contribution in [2.24, 2.45) is 7.05 Å². The molecule has 0 saturated carbocycles. The van der Waals surface area contributed by atoms with E-state index in [9.17, 15) is 14.7 Å². The van der Waals surface area contributed by atoms with Gasteiger partial charge in [-0.3, -0.25) is 9.59 Å². The third-order valence-corrected chi connectivity index (χ3v) is 6.35. The molecule has 1 heterocycles. The average Bonchev–Trinajstić information content (AvgIpc) is 2.82. The fourth-order valence-electron chi connectivity index (χ4n) is 3.77. The van der Waals surface area contributed by atoms with E-state index < -0.39 is 17.2 Å². The van der Waals surface area contributed by atoms with Crippen LogP contribution >= 0.6 is 23.2 Å². The number of benzene rings is 3. The smallest absolute Gasteiger partial charge is 0.293 e. The largest absolute Gasteiger partial charge is 0.502 e. The second-order valence-corrected chi connectivity index (χ2v) is 8.64. The monoisotopic (exact) mass is 480 g/mol. The lowest BCUT2D eigenvalue weighted by Crippen LogP contribution is -2.28. The quantitative estimate of drug-likeness (QED) is 0.353. The maximum atomic E-state index is 12.8. The van der Waals surface area contributed by atoms with E-state index in [1.54, 1.807) is 25.2 Å². The van der Waals surface area contributed by atoms with Crippen molar-refractivity contribution in [3.63, 3.8) is 0 Å². The molecule has 4 rings (SSSR count). The Bertz CT molecular complexity index is 1410. The van der Waals surface area contributed by atoms with Crippen molar-refractivity contribution < 1.29 is 9.90 Å². The summed E-state index contributed by atoms with van der Waals surface area (Å²) in [5, 5.41) is 16.2. The van der Waals surface area contributed by atoms with E-state index in [1.807, 2.05) is 48.5 Å². The van der Waals surface area contributed by atoms with Gasteiger partial charge in [0.15, 0.2) is 5.75 Å². The van der Waals surface area contributed by atoms with E-state index >= 15 is 0 Å². The van der Waals surface area contributed by atoms with Gasteiger partial charge in [0, 0.05) is 13.6 Å². The lowest BCUT2D eigenvalue weighted by Gasteiger charge is -2.13. The highest BCUT2D eigenvalue weighted by Crippen LogP contribution is 2.26. The number of aromatic hydroxyl groups is 1. The molecule has 168 valence electrons. The third-order valence-electron chi connectivity index (χ3n) is 5.61. The summed E-state index contributed by atoms with van der Waals surface area (Å²) in [6.07, 6.45) is 1.36. The Morgan fingerprint density at radius 1 is 0.970 bits per heavy atom. The van der Waals surface area contributed by atoms with Gasteiger partial charge in [-0.1, -0.05) is 65.7 Å². The predicted molar refractivity (Wildman–Crippen MR) is 133 cm³/mol. The summed E-state index contributed by atoms with van der Waals surface area (Å²) in [6.45, 7) is 0.374. The topological polar surface area (TPSA) is 71.3 Å². The molecule has 0 unspecified atom stereocenters. The zero-order valence-electron chi connectivity index (χ0n) is 17.9. The van der Waals surface area contributed by atoms with Crippen LogP contribution in [0.2, 0.25) is 10.0 Å². The first-order chi connectivity index (χ1) is 15.8. The van der Waals surface area contributed by atoms with Crippen LogP contribution in [0.4, 0.5) is 0 Å². The fraction of sp³-hybridized carbons (Fsp3) is 0.154. The Hall–Kier alpha value is -3.28. The Balaban J connectivity index is 1.53. The molecule has 0 bridgehead atoms. The molecule has 0 aliphatic rings. The molecule has 0 aliphatic carbocycles. The standard InChI is InChI=1S/C26H22Cl2N2O3/c1-30-23(19-10-9-17-6-2-3-7-18(17)14-19)15-20(24(31)26(30)33)25(32)29-12-4-5-16-8-11-21(27)22(28)13-16/h2-3,6-11,13-15,31H,4-5,12H2,1H3,(H,29,32). The van der Waals surface area contributed by atoms with Gasteiger partial charge in [0.1, 0.15) is 0 Å². The van der Waals surface area contributed by atoms with E-state index in [1.165, 1.54) is 4.57 Å². The average molecular weight is 481 g/mol. The number of rotatable bonds is 6. The van der Waals surface area contributed by atoms with Crippen LogP contribution in [0.25, 0.3) is 22.0 Å². The van der Waals surface area contributed by atoms with Gasteiger partial charge < -0.3 is 15.0 Å². The molecule has 2 N–H and O–H groups in total. The molecule has 0 radical (unpaired) electrons. The molecule has 0 atom stereocenters. The minimum absolute atomic E-state index is 0.0456. The van der Waals surface area contributed by atoms with Crippen molar-refractivity contribution in [1.29, 1.82) is 0 Å². The van der Waals surface area contributed by atoms with Gasteiger partial charge in [0.25, 0.3) is 11.5 Å². The number of amides is 1. The van der Waals surface area contributed by atoms with Gasteiger partial charge in [0.05, 0.1) is 21.3 Å². The summed E-state index contributed by atoms with van der Waals surface area (Å²) in [5.74, 6) is -1.06. The number of nitrogens with one attached hydrogen (secondary N) is 1. The molecule has 3 aromatic carbocycles. The van der Waals surface area contributed by atoms with Crippen LogP contribution in [0.1, 0.15) is 22.3 Å². The SMILES string of the molecule is Cn1c(-c2ccc3ccccc3c2)cc(C(=O)NCCCc2ccc(Cl)c(Cl)c2)c(O)c1=O. The molecule has 1 aromatic heterocycles. The number of aryl methyl sites for hydroxylation is 1. The van der Waals surface area contributed by atoms with E-state index in [0.29, 0.717) is 35.1 Å². The first kappa shape index (κ1) is 22.9. The normalized spacial score (nSPS) is 11.0. The molecule has 4 aromatic rings. The number of pyridine rings is 1. The second kappa shape index (κ2) is 9.69. The van der Waals surface area contributed by atoms with Crippen molar-refractivity contribution in [3.8, 4) is 17.0 Å². The molecule has 0 fully saturated rings. The lowest BCUT2D eigenvalue weighted by molar-refractivity contribution is 0.0950. The summed E-state index contributed by atoms with van der Waals surface area (Å²) in [6, 6.07) is 20.7. The van der Waals surface area contributed by atoms with Crippen LogP contribution in [0.3, 0.4) is 0 Å². The highest BCUT2D eigenvalue weighted by atomic mass is 35.5. The van der Waals surface area contributed by atoms with E-state index in [2.05, 4.69) is 5.32 Å². The van der Waals surface area contributed by atoms with Crippen LogP contribution in [0.5, 0.6) is 5.75 Å². The minimum atomic E-state index is -0.624. The van der Waals surface area contributed by atoms with Crippen LogP contribution in [0.15, 0.2) is 71.5 Å². The predicted octanol–water partition coefficient (Wildman–Crippen LogP) is 5.58. The van der Waals surface area contributed by atoms with E-state index in [4.69, 9.17) is 23.2 Å². The number of fused-ring (bicyclic) bond motifs is 1. The summed E-state index contributed by atoms with van der Waals surface area (Å²) < 4.78 is 1.35. The Morgan fingerprint density at radius 2 is 1.73 bits per heavy atom. The first-order valence-electron chi connectivity index (χ1n) is 10.5. The number of halogens is 2. The molecule has 0 aliphatic heterocycles. The van der Waals surface area contributed by atoms with Crippen molar-refractivity contribution in [2.45, 2.75) is 12.8 Å². The number of hydrogen-bond acceptors (Lipinski definition) is 3. The van der Waals surface area contributed by atoms with Gasteiger partial charge >= 0.3 is 0 Å². The molecule has 0 spiro atoms. The number of carbonyl (C=O) groups excluding carboxylic acids is 1. The third kappa shape index (κ3) is 4.90. The molecule has 33 heavy (non-hydrogen) atoms. The summed E-state index contributed by atoms with van der Waals surface area (Å²) >= 11 is 12.0. The summed E-state index contributed by atoms with van der Waals surface area (Å²) in [7, 11) is 1.57. The van der Waals surface area contributed by atoms with Gasteiger partial charge in [-0.25, -0.2) is 0 Å². The van der Waals surface area contributed by atoms with Crippen LogP contribution in [-0.4, -0.2) is 22.1 Å². The van der Waals surface area contributed by atoms with Crippen molar-refractivity contribution in [3.05, 3.63) is 98.3 Å². The number of nitrogens with zero attached hydrogens (tertiary/aromatic N) is 1. The molecule has 0 saturated heterocycles. The first-order valence-corrected chi connectivity index (χ1v) is 11.2.